The number of carbonyl (C=O) groups excluding carboxylic acids is 1. The first-order valence-electron chi connectivity index (χ1n) is 5.97. The number of amides is 1. The normalized spacial score (nSPS) is 15.7. The van der Waals surface area contributed by atoms with E-state index in [1.54, 1.807) is 18.2 Å². The van der Waals surface area contributed by atoms with Crippen LogP contribution in [0.1, 0.15) is 19.8 Å². The van der Waals surface area contributed by atoms with E-state index in [0.29, 0.717) is 35.9 Å². The summed E-state index contributed by atoms with van der Waals surface area (Å²) in [5.41, 5.74) is -0.795. The lowest BCUT2D eigenvalue weighted by Crippen LogP contribution is -2.31. The first kappa shape index (κ1) is 13.7. The molecule has 1 fully saturated rings. The van der Waals surface area contributed by atoms with Crippen LogP contribution in [0.5, 0.6) is 5.75 Å². The van der Waals surface area contributed by atoms with Gasteiger partial charge in [0, 0.05) is 5.69 Å². The van der Waals surface area contributed by atoms with Gasteiger partial charge in [-0.1, -0.05) is 11.6 Å². The van der Waals surface area contributed by atoms with Gasteiger partial charge >= 0.3 is 5.97 Å². The maximum atomic E-state index is 11.9. The van der Waals surface area contributed by atoms with E-state index in [-0.39, 0.29) is 0 Å². The molecule has 0 unspecified atom stereocenters. The zero-order valence-electron chi connectivity index (χ0n) is 10.4. The van der Waals surface area contributed by atoms with Crippen LogP contribution in [0.15, 0.2) is 18.2 Å². The third-order valence-corrected chi connectivity index (χ3v) is 3.38. The monoisotopic (exact) mass is 283 g/mol. The van der Waals surface area contributed by atoms with Gasteiger partial charge in [0.1, 0.15) is 11.2 Å². The smallest absolute Gasteiger partial charge is 0.319 e. The molecule has 2 rings (SSSR count). The quantitative estimate of drug-likeness (QED) is 0.814. The Kier molecular flexibility index (Phi) is 3.66. The minimum atomic E-state index is -1.26. The molecule has 1 saturated carbocycles. The number of carboxylic acids is 1. The molecule has 0 spiro atoms. The second-order valence-electron chi connectivity index (χ2n) is 4.42. The maximum Gasteiger partial charge on any atom is 0.319 e. The molecule has 19 heavy (non-hydrogen) atoms. The summed E-state index contributed by atoms with van der Waals surface area (Å²) in [6, 6.07) is 4.82. The summed E-state index contributed by atoms with van der Waals surface area (Å²) in [5, 5.41) is 12.0. The largest absolute Gasteiger partial charge is 0.492 e. The molecule has 6 heteroatoms. The van der Waals surface area contributed by atoms with Gasteiger partial charge in [-0.3, -0.25) is 9.59 Å². The molecule has 2 N–H and O–H groups in total. The Morgan fingerprint density at radius 3 is 2.63 bits per heavy atom. The van der Waals surface area contributed by atoms with Gasteiger partial charge in [-0.15, -0.1) is 0 Å². The van der Waals surface area contributed by atoms with Gasteiger partial charge in [-0.25, -0.2) is 0 Å². The Morgan fingerprint density at radius 2 is 2.16 bits per heavy atom. The summed E-state index contributed by atoms with van der Waals surface area (Å²) in [4.78, 5) is 22.9. The van der Waals surface area contributed by atoms with Crippen molar-refractivity contribution in [3.05, 3.63) is 23.2 Å². The number of nitrogens with one attached hydrogen (secondary N) is 1. The number of hydrogen-bond acceptors (Lipinski definition) is 3. The van der Waals surface area contributed by atoms with Crippen molar-refractivity contribution in [1.82, 2.24) is 0 Å². The Hall–Kier alpha value is -1.75. The molecule has 0 aromatic heterocycles. The number of ether oxygens (including phenoxy) is 1. The number of rotatable bonds is 5. The van der Waals surface area contributed by atoms with Gasteiger partial charge in [-0.2, -0.15) is 0 Å². The highest BCUT2D eigenvalue weighted by atomic mass is 35.5. The van der Waals surface area contributed by atoms with Crippen molar-refractivity contribution >= 4 is 29.2 Å². The molecule has 1 aliphatic carbocycles. The third kappa shape index (κ3) is 2.66. The average Bonchev–Trinajstić information content (AvgIpc) is 3.14. The summed E-state index contributed by atoms with van der Waals surface area (Å²) >= 11 is 5.99. The van der Waals surface area contributed by atoms with Crippen molar-refractivity contribution in [3.63, 3.8) is 0 Å². The van der Waals surface area contributed by atoms with E-state index >= 15 is 0 Å². The fourth-order valence-electron chi connectivity index (χ4n) is 1.76. The zero-order valence-corrected chi connectivity index (χ0v) is 11.2. The van der Waals surface area contributed by atoms with Gasteiger partial charge in [0.2, 0.25) is 5.91 Å². The number of anilines is 1. The van der Waals surface area contributed by atoms with Crippen LogP contribution in [0.4, 0.5) is 5.69 Å². The molecule has 0 radical (unpaired) electrons. The molecule has 0 saturated heterocycles. The van der Waals surface area contributed by atoms with Gasteiger partial charge in [0.25, 0.3) is 0 Å². The second kappa shape index (κ2) is 5.09. The lowest BCUT2D eigenvalue weighted by atomic mass is 10.1. The molecule has 0 bridgehead atoms. The lowest BCUT2D eigenvalue weighted by Gasteiger charge is -2.12. The molecule has 102 valence electrons. The van der Waals surface area contributed by atoms with Crippen LogP contribution < -0.4 is 10.1 Å². The number of carboxylic acid groups (broad SMARTS) is 1. The van der Waals surface area contributed by atoms with Crippen LogP contribution in [-0.4, -0.2) is 23.6 Å². The molecule has 5 nitrogen and oxygen atoms in total. The molecule has 0 heterocycles. The van der Waals surface area contributed by atoms with Crippen LogP contribution >= 0.6 is 11.6 Å². The summed E-state index contributed by atoms with van der Waals surface area (Å²) in [5.74, 6) is -1.05. The lowest BCUT2D eigenvalue weighted by molar-refractivity contribution is -0.147. The van der Waals surface area contributed by atoms with Gasteiger partial charge < -0.3 is 15.2 Å². The molecule has 1 aromatic carbocycles. The van der Waals surface area contributed by atoms with E-state index in [4.69, 9.17) is 21.4 Å². The van der Waals surface area contributed by atoms with Crippen LogP contribution in [0.2, 0.25) is 5.02 Å². The van der Waals surface area contributed by atoms with Crippen LogP contribution in [0.25, 0.3) is 0 Å². The Bertz CT molecular complexity index is 525. The van der Waals surface area contributed by atoms with Crippen molar-refractivity contribution in [2.75, 3.05) is 11.9 Å². The SMILES string of the molecule is CCOc1ccc(NC(=O)C2(C(=O)O)CC2)cc1Cl. The number of aliphatic carboxylic acids is 1. The highest BCUT2D eigenvalue weighted by Gasteiger charge is 2.57. The van der Waals surface area contributed by atoms with Crippen molar-refractivity contribution in [2.24, 2.45) is 5.41 Å². The van der Waals surface area contributed by atoms with E-state index in [1.165, 1.54) is 0 Å². The highest BCUT2D eigenvalue weighted by Crippen LogP contribution is 2.46. The molecule has 1 aliphatic rings. The predicted molar refractivity (Wildman–Crippen MR) is 70.6 cm³/mol. The Morgan fingerprint density at radius 1 is 1.47 bits per heavy atom. The average molecular weight is 284 g/mol. The molecule has 1 aromatic rings. The number of hydrogen-bond donors (Lipinski definition) is 2. The summed E-state index contributed by atoms with van der Waals surface area (Å²) in [6.45, 7) is 2.34. The topological polar surface area (TPSA) is 75.6 Å². The molecular formula is C13H14ClNO4. The maximum absolute atomic E-state index is 11.9. The van der Waals surface area contributed by atoms with Crippen molar-refractivity contribution < 1.29 is 19.4 Å². The van der Waals surface area contributed by atoms with Crippen LogP contribution in [-0.2, 0) is 9.59 Å². The van der Waals surface area contributed by atoms with E-state index in [1.807, 2.05) is 6.92 Å². The number of halogens is 1. The molecular weight excluding hydrogens is 270 g/mol. The molecule has 1 amide bonds. The van der Waals surface area contributed by atoms with E-state index < -0.39 is 17.3 Å². The summed E-state index contributed by atoms with van der Waals surface area (Å²) in [7, 11) is 0. The highest BCUT2D eigenvalue weighted by molar-refractivity contribution is 6.32. The first-order chi connectivity index (χ1) is 8.99. The fraction of sp³-hybridized carbons (Fsp3) is 0.385. The van der Waals surface area contributed by atoms with E-state index in [2.05, 4.69) is 5.32 Å². The number of benzene rings is 1. The number of carbonyl (C=O) groups is 2. The third-order valence-electron chi connectivity index (χ3n) is 3.08. The minimum Gasteiger partial charge on any atom is -0.492 e. The second-order valence-corrected chi connectivity index (χ2v) is 4.83. The van der Waals surface area contributed by atoms with Crippen LogP contribution in [0.3, 0.4) is 0 Å². The molecule has 0 atom stereocenters. The zero-order chi connectivity index (χ0) is 14.0. The van der Waals surface area contributed by atoms with E-state index in [9.17, 15) is 9.59 Å². The summed E-state index contributed by atoms with van der Waals surface area (Å²) in [6.07, 6.45) is 0.748. The first-order valence-corrected chi connectivity index (χ1v) is 6.34. The predicted octanol–water partition coefficient (Wildman–Crippen LogP) is 2.54. The summed E-state index contributed by atoms with van der Waals surface area (Å²) < 4.78 is 5.28. The van der Waals surface area contributed by atoms with Crippen LogP contribution in [0, 0.1) is 5.41 Å². The van der Waals surface area contributed by atoms with Crippen molar-refractivity contribution in [1.29, 1.82) is 0 Å². The van der Waals surface area contributed by atoms with Gasteiger partial charge in [-0.05, 0) is 38.0 Å². The van der Waals surface area contributed by atoms with Gasteiger partial charge in [0.05, 0.1) is 11.6 Å². The fourth-order valence-corrected chi connectivity index (χ4v) is 2.00. The van der Waals surface area contributed by atoms with Crippen molar-refractivity contribution in [3.8, 4) is 5.75 Å². The van der Waals surface area contributed by atoms with E-state index in [0.717, 1.165) is 0 Å². The Balaban J connectivity index is 2.10. The minimum absolute atomic E-state index is 0.374. The van der Waals surface area contributed by atoms with Gasteiger partial charge in [0.15, 0.2) is 0 Å². The standard InChI is InChI=1S/C13H14ClNO4/c1-2-19-10-4-3-8(7-9(10)14)15-11(16)13(5-6-13)12(17)18/h3-4,7H,2,5-6H2,1H3,(H,15,16)(H,17,18). The molecule has 0 aliphatic heterocycles. The van der Waals surface area contributed by atoms with Crippen molar-refractivity contribution in [2.45, 2.75) is 19.8 Å². The Labute approximate surface area is 115 Å².